The third-order valence-corrected chi connectivity index (χ3v) is 3.70. The van der Waals surface area contributed by atoms with Gasteiger partial charge in [-0.1, -0.05) is 27.7 Å². The number of benzene rings is 1. The van der Waals surface area contributed by atoms with Crippen LogP contribution in [0.4, 0.5) is 4.39 Å². The van der Waals surface area contributed by atoms with Gasteiger partial charge in [0.25, 0.3) is 0 Å². The molecule has 2 nitrogen and oxygen atoms in total. The molecule has 110 valence electrons. The Balaban J connectivity index is 2.07. The summed E-state index contributed by atoms with van der Waals surface area (Å²) in [5.74, 6) is 0.711. The SMILES string of the molecule is CCNC(CCc1cc2cc(F)ccc2o1)C(C)(C)C. The summed E-state index contributed by atoms with van der Waals surface area (Å²) < 4.78 is 18.9. The molecule has 0 saturated heterocycles. The van der Waals surface area contributed by atoms with Crippen LogP contribution < -0.4 is 5.32 Å². The summed E-state index contributed by atoms with van der Waals surface area (Å²) in [6.45, 7) is 9.83. The van der Waals surface area contributed by atoms with Crippen molar-refractivity contribution in [3.05, 3.63) is 35.8 Å². The molecule has 3 heteroatoms. The minimum Gasteiger partial charge on any atom is -0.461 e. The van der Waals surface area contributed by atoms with E-state index >= 15 is 0 Å². The van der Waals surface area contributed by atoms with E-state index in [0.717, 1.165) is 36.1 Å². The predicted octanol–water partition coefficient (Wildman–Crippen LogP) is 4.53. The molecule has 1 N–H and O–H groups in total. The molecule has 20 heavy (non-hydrogen) atoms. The highest BCUT2D eigenvalue weighted by molar-refractivity contribution is 5.77. The fourth-order valence-electron chi connectivity index (χ4n) is 2.57. The highest BCUT2D eigenvalue weighted by atomic mass is 19.1. The largest absolute Gasteiger partial charge is 0.461 e. The smallest absolute Gasteiger partial charge is 0.134 e. The first kappa shape index (κ1) is 15.0. The molecule has 0 saturated carbocycles. The van der Waals surface area contributed by atoms with E-state index in [-0.39, 0.29) is 11.2 Å². The van der Waals surface area contributed by atoms with Crippen LogP contribution >= 0.6 is 0 Å². The summed E-state index contributed by atoms with van der Waals surface area (Å²) in [4.78, 5) is 0. The van der Waals surface area contributed by atoms with Crippen LogP contribution in [-0.4, -0.2) is 12.6 Å². The van der Waals surface area contributed by atoms with Crippen molar-refractivity contribution in [3.63, 3.8) is 0 Å². The van der Waals surface area contributed by atoms with Gasteiger partial charge in [-0.2, -0.15) is 0 Å². The van der Waals surface area contributed by atoms with E-state index < -0.39 is 0 Å². The van der Waals surface area contributed by atoms with Gasteiger partial charge >= 0.3 is 0 Å². The summed E-state index contributed by atoms with van der Waals surface area (Å²) >= 11 is 0. The van der Waals surface area contributed by atoms with Gasteiger partial charge in [0.15, 0.2) is 0 Å². The Morgan fingerprint density at radius 1 is 1.25 bits per heavy atom. The molecular weight excluding hydrogens is 253 g/mol. The highest BCUT2D eigenvalue weighted by Crippen LogP contribution is 2.26. The van der Waals surface area contributed by atoms with Gasteiger partial charge in [0.05, 0.1) is 0 Å². The first-order valence-corrected chi connectivity index (χ1v) is 7.31. The molecular formula is C17H24FNO. The summed E-state index contributed by atoms with van der Waals surface area (Å²) in [7, 11) is 0. The fourth-order valence-corrected chi connectivity index (χ4v) is 2.57. The van der Waals surface area contributed by atoms with Crippen LogP contribution in [-0.2, 0) is 6.42 Å². The summed E-state index contributed by atoms with van der Waals surface area (Å²) in [6, 6.07) is 7.04. The molecule has 1 atom stereocenters. The second-order valence-electron chi connectivity index (χ2n) is 6.41. The van der Waals surface area contributed by atoms with E-state index in [1.807, 2.05) is 6.07 Å². The Kier molecular flexibility index (Phi) is 4.48. The zero-order valence-corrected chi connectivity index (χ0v) is 12.8. The molecule has 1 aromatic heterocycles. The second kappa shape index (κ2) is 5.96. The summed E-state index contributed by atoms with van der Waals surface area (Å²) in [5.41, 5.74) is 0.978. The second-order valence-corrected chi connectivity index (χ2v) is 6.41. The van der Waals surface area contributed by atoms with Gasteiger partial charge in [0.1, 0.15) is 17.2 Å². The van der Waals surface area contributed by atoms with Gasteiger partial charge in [-0.05, 0) is 42.6 Å². The maximum Gasteiger partial charge on any atom is 0.134 e. The van der Waals surface area contributed by atoms with E-state index in [1.54, 1.807) is 6.07 Å². The maximum atomic E-state index is 13.2. The van der Waals surface area contributed by atoms with Crippen molar-refractivity contribution >= 4 is 11.0 Å². The van der Waals surface area contributed by atoms with E-state index in [4.69, 9.17) is 4.42 Å². The average Bonchev–Trinajstić information content (AvgIpc) is 2.74. The number of aryl methyl sites for hydroxylation is 1. The zero-order chi connectivity index (χ0) is 14.8. The van der Waals surface area contributed by atoms with Crippen LogP contribution in [0.25, 0.3) is 11.0 Å². The monoisotopic (exact) mass is 277 g/mol. The van der Waals surface area contributed by atoms with Crippen LogP contribution in [0.5, 0.6) is 0 Å². The van der Waals surface area contributed by atoms with Gasteiger partial charge in [-0.15, -0.1) is 0 Å². The molecule has 0 aliphatic heterocycles. The molecule has 0 fully saturated rings. The van der Waals surface area contributed by atoms with Gasteiger partial charge in [0.2, 0.25) is 0 Å². The molecule has 2 aromatic rings. The number of nitrogens with one attached hydrogen (secondary N) is 1. The van der Waals surface area contributed by atoms with Crippen LogP contribution in [0, 0.1) is 11.2 Å². The lowest BCUT2D eigenvalue weighted by Gasteiger charge is -2.31. The lowest BCUT2D eigenvalue weighted by Crippen LogP contribution is -2.40. The number of fused-ring (bicyclic) bond motifs is 1. The summed E-state index contributed by atoms with van der Waals surface area (Å²) in [6.07, 6.45) is 1.88. The molecule has 0 amide bonds. The Labute approximate surface area is 120 Å². The molecule has 0 radical (unpaired) electrons. The number of hydrogen-bond donors (Lipinski definition) is 1. The Morgan fingerprint density at radius 2 is 2.00 bits per heavy atom. The van der Waals surface area contributed by atoms with Gasteiger partial charge in [0, 0.05) is 17.8 Å². The van der Waals surface area contributed by atoms with Crippen LogP contribution in [0.2, 0.25) is 0 Å². The van der Waals surface area contributed by atoms with Crippen molar-refractivity contribution in [2.24, 2.45) is 5.41 Å². The van der Waals surface area contributed by atoms with Crippen molar-refractivity contribution in [2.75, 3.05) is 6.54 Å². The number of furan rings is 1. The normalized spacial score (nSPS) is 13.8. The molecule has 1 heterocycles. The predicted molar refractivity (Wildman–Crippen MR) is 81.4 cm³/mol. The number of halogens is 1. The van der Waals surface area contributed by atoms with E-state index in [1.165, 1.54) is 12.1 Å². The van der Waals surface area contributed by atoms with Crippen LogP contribution in [0.3, 0.4) is 0 Å². The molecule has 0 bridgehead atoms. The number of rotatable bonds is 5. The Morgan fingerprint density at radius 3 is 2.65 bits per heavy atom. The molecule has 0 aliphatic rings. The Bertz CT molecular complexity index is 568. The third kappa shape index (κ3) is 3.60. The first-order chi connectivity index (χ1) is 9.40. The van der Waals surface area contributed by atoms with Gasteiger partial charge in [-0.3, -0.25) is 0 Å². The number of hydrogen-bond acceptors (Lipinski definition) is 2. The van der Waals surface area contributed by atoms with Gasteiger partial charge in [-0.25, -0.2) is 4.39 Å². The van der Waals surface area contributed by atoms with Crippen molar-refractivity contribution in [1.82, 2.24) is 5.32 Å². The fraction of sp³-hybridized carbons (Fsp3) is 0.529. The third-order valence-electron chi connectivity index (χ3n) is 3.70. The maximum absolute atomic E-state index is 13.2. The van der Waals surface area contributed by atoms with Gasteiger partial charge < -0.3 is 9.73 Å². The van der Waals surface area contributed by atoms with Crippen LogP contribution in [0.15, 0.2) is 28.7 Å². The van der Waals surface area contributed by atoms with Crippen molar-refractivity contribution in [1.29, 1.82) is 0 Å². The first-order valence-electron chi connectivity index (χ1n) is 7.31. The van der Waals surface area contributed by atoms with Crippen molar-refractivity contribution in [2.45, 2.75) is 46.6 Å². The lowest BCUT2D eigenvalue weighted by molar-refractivity contribution is 0.255. The van der Waals surface area contributed by atoms with E-state index in [2.05, 4.69) is 33.0 Å². The zero-order valence-electron chi connectivity index (χ0n) is 12.8. The average molecular weight is 277 g/mol. The Hall–Kier alpha value is -1.35. The molecule has 2 rings (SSSR count). The molecule has 0 spiro atoms. The molecule has 0 aliphatic carbocycles. The van der Waals surface area contributed by atoms with E-state index in [9.17, 15) is 4.39 Å². The molecule has 1 unspecified atom stereocenters. The van der Waals surface area contributed by atoms with Crippen LogP contribution in [0.1, 0.15) is 39.9 Å². The molecule has 1 aromatic carbocycles. The van der Waals surface area contributed by atoms with E-state index in [0.29, 0.717) is 6.04 Å². The highest BCUT2D eigenvalue weighted by Gasteiger charge is 2.23. The summed E-state index contributed by atoms with van der Waals surface area (Å²) in [5, 5.41) is 4.38. The van der Waals surface area contributed by atoms with Crippen molar-refractivity contribution in [3.8, 4) is 0 Å². The minimum atomic E-state index is -0.218. The lowest BCUT2D eigenvalue weighted by atomic mass is 9.84. The topological polar surface area (TPSA) is 25.2 Å². The quantitative estimate of drug-likeness (QED) is 0.868. The standard InChI is InChI=1S/C17H24FNO/c1-5-19-16(17(2,3)4)9-7-14-11-12-10-13(18)6-8-15(12)20-14/h6,8,10-11,16,19H,5,7,9H2,1-4H3. The van der Waals surface area contributed by atoms with Crippen molar-refractivity contribution < 1.29 is 8.81 Å². The minimum absolute atomic E-state index is 0.216.